The number of nitrogens with one attached hydrogen (secondary N) is 1. The Bertz CT molecular complexity index is 340. The van der Waals surface area contributed by atoms with Gasteiger partial charge in [0, 0.05) is 0 Å². The average molecular weight is 207 g/mol. The van der Waals surface area contributed by atoms with Crippen LogP contribution in [0, 0.1) is 18.3 Å². The van der Waals surface area contributed by atoms with E-state index in [9.17, 15) is 0 Å². The van der Waals surface area contributed by atoms with Crippen LogP contribution in [0.2, 0.25) is 0 Å². The first-order valence-electron chi connectivity index (χ1n) is 5.84. The van der Waals surface area contributed by atoms with Crippen LogP contribution in [-0.4, -0.2) is 6.54 Å². The van der Waals surface area contributed by atoms with Crippen LogP contribution in [0.1, 0.15) is 44.8 Å². The van der Waals surface area contributed by atoms with Gasteiger partial charge in [-0.15, -0.1) is 0 Å². The highest BCUT2D eigenvalue weighted by atomic mass is 16.3. The summed E-state index contributed by atoms with van der Waals surface area (Å²) in [6.45, 7) is 9.81. The summed E-state index contributed by atoms with van der Waals surface area (Å²) in [5, 5.41) is 3.54. The lowest BCUT2D eigenvalue weighted by Crippen LogP contribution is -2.23. The molecule has 84 valence electrons. The predicted octanol–water partition coefficient (Wildman–Crippen LogP) is 3.28. The largest absolute Gasteiger partial charge is 0.465 e. The highest BCUT2D eigenvalue weighted by Gasteiger charge is 2.51. The molecule has 1 heterocycles. The Morgan fingerprint density at radius 1 is 1.53 bits per heavy atom. The maximum absolute atomic E-state index is 5.73. The topological polar surface area (TPSA) is 25.2 Å². The molecule has 1 aliphatic carbocycles. The lowest BCUT2D eigenvalue weighted by atomic mass is 10.0. The van der Waals surface area contributed by atoms with Gasteiger partial charge in [-0.1, -0.05) is 20.8 Å². The van der Waals surface area contributed by atoms with Crippen molar-refractivity contribution in [1.82, 2.24) is 5.32 Å². The Labute approximate surface area is 92.1 Å². The fourth-order valence-corrected chi connectivity index (χ4v) is 2.36. The molecule has 15 heavy (non-hydrogen) atoms. The van der Waals surface area contributed by atoms with Gasteiger partial charge >= 0.3 is 0 Å². The van der Waals surface area contributed by atoms with E-state index in [0.29, 0.717) is 11.5 Å². The smallest absolute Gasteiger partial charge is 0.121 e. The Kier molecular flexibility index (Phi) is 2.63. The van der Waals surface area contributed by atoms with Crippen molar-refractivity contribution in [3.05, 3.63) is 23.7 Å². The van der Waals surface area contributed by atoms with Crippen LogP contribution in [0.3, 0.4) is 0 Å². The molecule has 2 nitrogen and oxygen atoms in total. The zero-order valence-electron chi connectivity index (χ0n) is 10.1. The maximum atomic E-state index is 5.73. The third-order valence-electron chi connectivity index (χ3n) is 3.48. The van der Waals surface area contributed by atoms with Crippen LogP contribution in [0.5, 0.6) is 0 Å². The van der Waals surface area contributed by atoms with Gasteiger partial charge in [0.05, 0.1) is 6.04 Å². The molecule has 2 atom stereocenters. The van der Waals surface area contributed by atoms with E-state index in [1.54, 1.807) is 0 Å². The van der Waals surface area contributed by atoms with Crippen molar-refractivity contribution in [2.45, 2.75) is 40.2 Å². The van der Waals surface area contributed by atoms with Crippen LogP contribution in [-0.2, 0) is 0 Å². The number of hydrogen-bond donors (Lipinski definition) is 1. The molecule has 0 amide bonds. The van der Waals surface area contributed by atoms with Gasteiger partial charge in [0.1, 0.15) is 11.5 Å². The van der Waals surface area contributed by atoms with E-state index in [-0.39, 0.29) is 0 Å². The Hall–Kier alpha value is -0.760. The van der Waals surface area contributed by atoms with Gasteiger partial charge in [-0.2, -0.15) is 0 Å². The fraction of sp³-hybridized carbons (Fsp3) is 0.692. The lowest BCUT2D eigenvalue weighted by Gasteiger charge is -2.17. The molecule has 1 aromatic heterocycles. The first kappa shape index (κ1) is 10.7. The second-order valence-electron chi connectivity index (χ2n) is 5.28. The molecule has 2 heteroatoms. The van der Waals surface area contributed by atoms with Crippen molar-refractivity contribution in [3.8, 4) is 0 Å². The number of aryl methyl sites for hydroxylation is 1. The monoisotopic (exact) mass is 207 g/mol. The summed E-state index contributed by atoms with van der Waals surface area (Å²) in [5.74, 6) is 2.83. The Morgan fingerprint density at radius 2 is 2.20 bits per heavy atom. The summed E-state index contributed by atoms with van der Waals surface area (Å²) in [6.07, 6.45) is 1.30. The molecule has 1 fully saturated rings. The van der Waals surface area contributed by atoms with Crippen LogP contribution in [0.15, 0.2) is 16.5 Å². The van der Waals surface area contributed by atoms with E-state index in [0.717, 1.165) is 24.0 Å². The van der Waals surface area contributed by atoms with Gasteiger partial charge in [0.25, 0.3) is 0 Å². The molecule has 1 aliphatic rings. The third kappa shape index (κ3) is 2.10. The second kappa shape index (κ2) is 3.67. The summed E-state index contributed by atoms with van der Waals surface area (Å²) < 4.78 is 5.73. The van der Waals surface area contributed by atoms with Crippen molar-refractivity contribution < 1.29 is 4.42 Å². The SMILES string of the molecule is CCNC(c1ccc(C)o1)C1CC1(C)C. The summed E-state index contributed by atoms with van der Waals surface area (Å²) >= 11 is 0. The molecule has 0 aromatic carbocycles. The molecule has 0 saturated heterocycles. The number of furan rings is 1. The van der Waals surface area contributed by atoms with Gasteiger partial charge in [0.15, 0.2) is 0 Å². The highest BCUT2D eigenvalue weighted by Crippen LogP contribution is 2.57. The molecular weight excluding hydrogens is 186 g/mol. The molecular formula is C13H21NO. The van der Waals surface area contributed by atoms with Crippen molar-refractivity contribution in [2.24, 2.45) is 11.3 Å². The van der Waals surface area contributed by atoms with E-state index < -0.39 is 0 Å². The van der Waals surface area contributed by atoms with Gasteiger partial charge in [-0.25, -0.2) is 0 Å². The summed E-state index contributed by atoms with van der Waals surface area (Å²) in [7, 11) is 0. The minimum absolute atomic E-state index is 0.402. The van der Waals surface area contributed by atoms with Crippen LogP contribution in [0.25, 0.3) is 0 Å². The van der Waals surface area contributed by atoms with Crippen LogP contribution < -0.4 is 5.32 Å². The molecule has 1 saturated carbocycles. The Morgan fingerprint density at radius 3 is 2.60 bits per heavy atom. The first-order valence-corrected chi connectivity index (χ1v) is 5.84. The summed E-state index contributed by atoms with van der Waals surface area (Å²) in [6, 6.07) is 4.56. The number of rotatable bonds is 4. The minimum atomic E-state index is 0.402. The average Bonchev–Trinajstić information content (AvgIpc) is 2.59. The lowest BCUT2D eigenvalue weighted by molar-refractivity contribution is 0.348. The van der Waals surface area contributed by atoms with Crippen LogP contribution >= 0.6 is 0 Å². The zero-order valence-corrected chi connectivity index (χ0v) is 10.1. The molecule has 0 aliphatic heterocycles. The van der Waals surface area contributed by atoms with E-state index in [1.807, 2.05) is 6.92 Å². The summed E-state index contributed by atoms with van der Waals surface area (Å²) in [4.78, 5) is 0. The molecule has 2 rings (SSSR count). The molecule has 0 radical (unpaired) electrons. The van der Waals surface area contributed by atoms with E-state index in [4.69, 9.17) is 4.42 Å². The standard InChI is InChI=1S/C13H21NO/c1-5-14-12(10-8-13(10,3)4)11-7-6-9(2)15-11/h6-7,10,12,14H,5,8H2,1-4H3. The Balaban J connectivity index is 2.14. The molecule has 1 aromatic rings. The van der Waals surface area contributed by atoms with Gasteiger partial charge in [0.2, 0.25) is 0 Å². The van der Waals surface area contributed by atoms with E-state index >= 15 is 0 Å². The normalized spacial score (nSPS) is 25.2. The molecule has 2 unspecified atom stereocenters. The van der Waals surface area contributed by atoms with Gasteiger partial charge in [-0.05, 0) is 43.4 Å². The fourth-order valence-electron chi connectivity index (χ4n) is 2.36. The van der Waals surface area contributed by atoms with E-state index in [1.165, 1.54) is 6.42 Å². The van der Waals surface area contributed by atoms with Gasteiger partial charge < -0.3 is 9.73 Å². The number of hydrogen-bond acceptors (Lipinski definition) is 2. The molecule has 1 N–H and O–H groups in total. The zero-order chi connectivity index (χ0) is 11.1. The predicted molar refractivity (Wildman–Crippen MR) is 61.8 cm³/mol. The second-order valence-corrected chi connectivity index (χ2v) is 5.28. The third-order valence-corrected chi connectivity index (χ3v) is 3.48. The van der Waals surface area contributed by atoms with Crippen molar-refractivity contribution >= 4 is 0 Å². The van der Waals surface area contributed by atoms with Gasteiger partial charge in [-0.3, -0.25) is 0 Å². The van der Waals surface area contributed by atoms with Crippen molar-refractivity contribution in [2.75, 3.05) is 6.54 Å². The van der Waals surface area contributed by atoms with Crippen molar-refractivity contribution in [3.63, 3.8) is 0 Å². The van der Waals surface area contributed by atoms with Crippen LogP contribution in [0.4, 0.5) is 0 Å². The highest BCUT2D eigenvalue weighted by molar-refractivity contribution is 5.15. The maximum Gasteiger partial charge on any atom is 0.121 e. The first-order chi connectivity index (χ1) is 7.04. The quantitative estimate of drug-likeness (QED) is 0.819. The molecule has 0 bridgehead atoms. The van der Waals surface area contributed by atoms with Crippen molar-refractivity contribution in [1.29, 1.82) is 0 Å². The molecule has 0 spiro atoms. The minimum Gasteiger partial charge on any atom is -0.465 e. The van der Waals surface area contributed by atoms with E-state index in [2.05, 4.69) is 38.2 Å². The summed E-state index contributed by atoms with van der Waals surface area (Å²) in [5.41, 5.74) is 0.480.